The molecule has 1 nitrogen and oxygen atoms in total. The van der Waals surface area contributed by atoms with Crippen molar-refractivity contribution in [3.05, 3.63) is 35.4 Å². The van der Waals surface area contributed by atoms with E-state index in [9.17, 15) is 0 Å². The molecule has 0 amide bonds. The topological polar surface area (TPSA) is 0 Å². The number of quaternary nitrogens is 1. The molecule has 2 unspecified atom stereocenters. The van der Waals surface area contributed by atoms with Crippen molar-refractivity contribution in [1.82, 2.24) is 0 Å². The summed E-state index contributed by atoms with van der Waals surface area (Å²) in [4.78, 5) is 0. The standard InChI is InChI=1S/C15H22N/c1-12-6-5-7-13(2)16(12)10-14-8-3-4-9-15(14)11-16/h3-4,8-9,12-13H,5-7,10-11H2,1-2H3/q+1. The van der Waals surface area contributed by atoms with Gasteiger partial charge in [0.1, 0.15) is 13.1 Å². The SMILES string of the molecule is CC1CCCC(C)[N+]12Cc1ccccc1C2. The molecule has 1 spiro atoms. The fourth-order valence-corrected chi connectivity index (χ4v) is 3.84. The maximum Gasteiger partial charge on any atom is 0.106 e. The van der Waals surface area contributed by atoms with Gasteiger partial charge in [0, 0.05) is 11.1 Å². The highest BCUT2D eigenvalue weighted by Crippen LogP contribution is 2.40. The molecule has 0 aliphatic carbocycles. The molecule has 0 radical (unpaired) electrons. The van der Waals surface area contributed by atoms with E-state index in [-0.39, 0.29) is 0 Å². The lowest BCUT2D eigenvalue weighted by Gasteiger charge is -2.48. The summed E-state index contributed by atoms with van der Waals surface area (Å²) in [5, 5.41) is 0. The highest BCUT2D eigenvalue weighted by Gasteiger charge is 2.46. The quantitative estimate of drug-likeness (QED) is 0.582. The van der Waals surface area contributed by atoms with Crippen LogP contribution >= 0.6 is 0 Å². The van der Waals surface area contributed by atoms with Crippen LogP contribution in [0.25, 0.3) is 0 Å². The minimum atomic E-state index is 0.844. The normalized spacial score (nSPS) is 31.6. The summed E-state index contributed by atoms with van der Waals surface area (Å²) in [6, 6.07) is 10.7. The molecule has 1 aromatic carbocycles. The molecular weight excluding hydrogens is 194 g/mol. The Bertz CT molecular complexity index is 359. The third kappa shape index (κ3) is 1.34. The average Bonchev–Trinajstić information content (AvgIpc) is 2.66. The number of piperidine rings is 1. The molecule has 1 heteroatoms. The zero-order chi connectivity index (χ0) is 11.2. The Hall–Kier alpha value is -0.820. The first-order valence-electron chi connectivity index (χ1n) is 6.65. The smallest absolute Gasteiger partial charge is 0.106 e. The lowest BCUT2D eigenvalue weighted by atomic mass is 9.94. The predicted molar refractivity (Wildman–Crippen MR) is 66.9 cm³/mol. The maximum atomic E-state index is 2.46. The van der Waals surface area contributed by atoms with Crippen molar-refractivity contribution in [1.29, 1.82) is 0 Å². The lowest BCUT2D eigenvalue weighted by Crippen LogP contribution is -2.57. The van der Waals surface area contributed by atoms with Gasteiger partial charge >= 0.3 is 0 Å². The van der Waals surface area contributed by atoms with Gasteiger partial charge in [0.05, 0.1) is 12.1 Å². The highest BCUT2D eigenvalue weighted by atomic mass is 15.4. The summed E-state index contributed by atoms with van der Waals surface area (Å²) in [5.41, 5.74) is 3.20. The van der Waals surface area contributed by atoms with Crippen molar-refractivity contribution in [3.63, 3.8) is 0 Å². The van der Waals surface area contributed by atoms with Gasteiger partial charge < -0.3 is 4.48 Å². The molecule has 1 fully saturated rings. The number of fused-ring (bicyclic) bond motifs is 1. The van der Waals surface area contributed by atoms with Crippen LogP contribution < -0.4 is 0 Å². The Morgan fingerprint density at radius 1 is 0.938 bits per heavy atom. The molecule has 0 aromatic heterocycles. The van der Waals surface area contributed by atoms with Crippen molar-refractivity contribution >= 4 is 0 Å². The van der Waals surface area contributed by atoms with E-state index in [4.69, 9.17) is 0 Å². The van der Waals surface area contributed by atoms with E-state index < -0.39 is 0 Å². The van der Waals surface area contributed by atoms with Crippen molar-refractivity contribution < 1.29 is 4.48 Å². The van der Waals surface area contributed by atoms with E-state index >= 15 is 0 Å². The number of rotatable bonds is 0. The van der Waals surface area contributed by atoms with Crippen LogP contribution in [0.1, 0.15) is 44.2 Å². The van der Waals surface area contributed by atoms with Crippen LogP contribution in [0.2, 0.25) is 0 Å². The average molecular weight is 216 g/mol. The molecule has 1 aromatic rings. The molecule has 0 bridgehead atoms. The van der Waals surface area contributed by atoms with Gasteiger partial charge in [-0.15, -0.1) is 0 Å². The number of nitrogens with zero attached hydrogens (tertiary/aromatic N) is 1. The van der Waals surface area contributed by atoms with Crippen LogP contribution in [0.4, 0.5) is 0 Å². The monoisotopic (exact) mass is 216 g/mol. The first-order valence-corrected chi connectivity index (χ1v) is 6.65. The van der Waals surface area contributed by atoms with Gasteiger partial charge in [0.25, 0.3) is 0 Å². The van der Waals surface area contributed by atoms with Crippen molar-refractivity contribution in [2.45, 2.75) is 58.3 Å². The van der Waals surface area contributed by atoms with Crippen LogP contribution in [-0.4, -0.2) is 16.6 Å². The van der Waals surface area contributed by atoms with Gasteiger partial charge in [-0.05, 0) is 33.1 Å². The van der Waals surface area contributed by atoms with Gasteiger partial charge in [0.2, 0.25) is 0 Å². The van der Waals surface area contributed by atoms with Crippen LogP contribution in [-0.2, 0) is 13.1 Å². The molecule has 1 saturated heterocycles. The van der Waals surface area contributed by atoms with Crippen molar-refractivity contribution in [2.24, 2.45) is 0 Å². The van der Waals surface area contributed by atoms with Gasteiger partial charge in [-0.25, -0.2) is 0 Å². The summed E-state index contributed by atoms with van der Waals surface area (Å²) in [7, 11) is 0. The van der Waals surface area contributed by atoms with E-state index in [1.807, 2.05) is 0 Å². The second-order valence-electron chi connectivity index (χ2n) is 5.82. The Morgan fingerprint density at radius 2 is 1.44 bits per heavy atom. The molecule has 0 saturated carbocycles. The maximum absolute atomic E-state index is 2.46. The molecule has 2 heterocycles. The minimum Gasteiger partial charge on any atom is -0.312 e. The number of benzene rings is 1. The highest BCUT2D eigenvalue weighted by molar-refractivity contribution is 5.28. The molecule has 86 valence electrons. The van der Waals surface area contributed by atoms with Gasteiger partial charge in [-0.3, -0.25) is 0 Å². The Labute approximate surface area is 98.7 Å². The molecule has 2 atom stereocenters. The fraction of sp³-hybridized carbons (Fsp3) is 0.600. The number of hydrogen-bond donors (Lipinski definition) is 0. The Kier molecular flexibility index (Phi) is 2.32. The second kappa shape index (κ2) is 3.59. The van der Waals surface area contributed by atoms with E-state index in [0.717, 1.165) is 12.1 Å². The third-order valence-corrected chi connectivity index (χ3v) is 5.05. The predicted octanol–water partition coefficient (Wildman–Crippen LogP) is 3.48. The second-order valence-corrected chi connectivity index (χ2v) is 5.82. The van der Waals surface area contributed by atoms with Crippen molar-refractivity contribution in [3.8, 4) is 0 Å². The molecule has 2 aliphatic rings. The van der Waals surface area contributed by atoms with Crippen molar-refractivity contribution in [2.75, 3.05) is 0 Å². The summed E-state index contributed by atoms with van der Waals surface area (Å²) in [6.45, 7) is 7.47. The van der Waals surface area contributed by atoms with Crippen LogP contribution in [0, 0.1) is 0 Å². The van der Waals surface area contributed by atoms with E-state index in [1.54, 1.807) is 11.1 Å². The molecular formula is C15H22N+. The van der Waals surface area contributed by atoms with E-state index in [1.165, 1.54) is 36.8 Å². The Morgan fingerprint density at radius 3 is 1.94 bits per heavy atom. The van der Waals surface area contributed by atoms with Gasteiger partial charge in [0.15, 0.2) is 0 Å². The summed E-state index contributed by atoms with van der Waals surface area (Å²) in [5.74, 6) is 0. The molecule has 16 heavy (non-hydrogen) atoms. The van der Waals surface area contributed by atoms with Crippen LogP contribution in [0.5, 0.6) is 0 Å². The molecule has 3 rings (SSSR count). The summed E-state index contributed by atoms with van der Waals surface area (Å²) >= 11 is 0. The lowest BCUT2D eigenvalue weighted by molar-refractivity contribution is -0.993. The minimum absolute atomic E-state index is 0.844. The zero-order valence-corrected chi connectivity index (χ0v) is 10.4. The number of hydrogen-bond acceptors (Lipinski definition) is 0. The Balaban J connectivity index is 1.97. The largest absolute Gasteiger partial charge is 0.312 e. The molecule has 0 N–H and O–H groups in total. The zero-order valence-electron chi connectivity index (χ0n) is 10.4. The summed E-state index contributed by atoms with van der Waals surface area (Å²) in [6.07, 6.45) is 4.26. The van der Waals surface area contributed by atoms with Gasteiger partial charge in [-0.2, -0.15) is 0 Å². The van der Waals surface area contributed by atoms with E-state index in [2.05, 4.69) is 38.1 Å². The van der Waals surface area contributed by atoms with Crippen LogP contribution in [0.15, 0.2) is 24.3 Å². The van der Waals surface area contributed by atoms with Gasteiger partial charge in [-0.1, -0.05) is 24.3 Å². The third-order valence-electron chi connectivity index (χ3n) is 5.05. The first kappa shape index (κ1) is 10.3. The summed E-state index contributed by atoms with van der Waals surface area (Å²) < 4.78 is 1.33. The fourth-order valence-electron chi connectivity index (χ4n) is 3.84. The molecule has 2 aliphatic heterocycles. The van der Waals surface area contributed by atoms with Crippen LogP contribution in [0.3, 0.4) is 0 Å². The first-order chi connectivity index (χ1) is 7.72. The van der Waals surface area contributed by atoms with E-state index in [0.29, 0.717) is 0 Å².